The van der Waals surface area contributed by atoms with Gasteiger partial charge in [0.2, 0.25) is 5.88 Å². The lowest BCUT2D eigenvalue weighted by atomic mass is 9.87. The molecular formula is C25H28FNO3. The number of pyridine rings is 1. The summed E-state index contributed by atoms with van der Waals surface area (Å²) < 4.78 is 25.4. The zero-order chi connectivity index (χ0) is 21.6. The van der Waals surface area contributed by atoms with E-state index < -0.39 is 5.41 Å². The molecule has 0 fully saturated rings. The van der Waals surface area contributed by atoms with Crippen molar-refractivity contribution in [3.05, 3.63) is 60.4 Å². The highest BCUT2D eigenvalue weighted by molar-refractivity contribution is 5.95. The largest absolute Gasteiger partial charge is 0.478 e. The summed E-state index contributed by atoms with van der Waals surface area (Å²) in [5, 5.41) is 0.881. The third kappa shape index (κ3) is 5.15. The van der Waals surface area contributed by atoms with Gasteiger partial charge in [-0.05, 0) is 57.7 Å². The number of esters is 1. The third-order valence-electron chi connectivity index (χ3n) is 5.13. The number of rotatable bonds is 9. The number of hydrogen-bond acceptors (Lipinski definition) is 4. The van der Waals surface area contributed by atoms with Crippen molar-refractivity contribution < 1.29 is 18.7 Å². The van der Waals surface area contributed by atoms with Crippen LogP contribution in [-0.4, -0.2) is 24.2 Å². The maximum atomic E-state index is 14.4. The van der Waals surface area contributed by atoms with Gasteiger partial charge in [-0.3, -0.25) is 4.79 Å². The molecule has 0 aliphatic carbocycles. The van der Waals surface area contributed by atoms with E-state index >= 15 is 0 Å². The predicted octanol–water partition coefficient (Wildman–Crippen LogP) is 6.18. The molecule has 1 heterocycles. The minimum atomic E-state index is -0.505. The van der Waals surface area contributed by atoms with Gasteiger partial charge >= 0.3 is 5.97 Å². The number of unbranched alkanes of at least 4 members (excludes halogenated alkanes) is 1. The van der Waals surface area contributed by atoms with Gasteiger partial charge in [-0.15, -0.1) is 0 Å². The molecule has 0 amide bonds. The van der Waals surface area contributed by atoms with Crippen LogP contribution in [-0.2, 0) is 9.53 Å². The number of carbonyl (C=O) groups is 1. The van der Waals surface area contributed by atoms with Gasteiger partial charge in [-0.1, -0.05) is 36.4 Å². The number of nitrogens with zero attached hydrogens (tertiary/aromatic N) is 1. The van der Waals surface area contributed by atoms with Crippen molar-refractivity contribution >= 4 is 16.9 Å². The number of hydrogen-bond donors (Lipinski definition) is 0. The highest BCUT2D eigenvalue weighted by Gasteiger charge is 2.28. The second kappa shape index (κ2) is 9.70. The van der Waals surface area contributed by atoms with E-state index in [1.807, 2.05) is 51.1 Å². The Morgan fingerprint density at radius 2 is 1.77 bits per heavy atom. The minimum Gasteiger partial charge on any atom is -0.478 e. The number of carbonyl (C=O) groups excluding carboxylic acids is 1. The molecule has 0 bridgehead atoms. The van der Waals surface area contributed by atoms with Crippen LogP contribution in [0.3, 0.4) is 0 Å². The molecule has 2 aromatic carbocycles. The summed E-state index contributed by atoms with van der Waals surface area (Å²) >= 11 is 0. The number of aromatic nitrogens is 1. The molecule has 3 aromatic rings. The zero-order valence-corrected chi connectivity index (χ0v) is 17.8. The van der Waals surface area contributed by atoms with E-state index in [4.69, 9.17) is 9.47 Å². The predicted molar refractivity (Wildman–Crippen MR) is 117 cm³/mol. The first-order valence-corrected chi connectivity index (χ1v) is 10.4. The molecule has 0 spiro atoms. The first-order chi connectivity index (χ1) is 14.4. The third-order valence-corrected chi connectivity index (χ3v) is 5.13. The van der Waals surface area contributed by atoms with Crippen molar-refractivity contribution in [3.8, 4) is 17.0 Å². The fourth-order valence-electron chi connectivity index (χ4n) is 3.40. The lowest BCUT2D eigenvalue weighted by molar-refractivity contribution is -0.153. The molecule has 3 rings (SSSR count). The maximum absolute atomic E-state index is 14.4. The van der Waals surface area contributed by atoms with Crippen LogP contribution in [0.25, 0.3) is 22.0 Å². The van der Waals surface area contributed by atoms with Crippen LogP contribution in [0.1, 0.15) is 40.0 Å². The van der Waals surface area contributed by atoms with E-state index in [-0.39, 0.29) is 11.8 Å². The smallest absolute Gasteiger partial charge is 0.311 e. The van der Waals surface area contributed by atoms with Crippen LogP contribution >= 0.6 is 0 Å². The summed E-state index contributed by atoms with van der Waals surface area (Å²) in [6, 6.07) is 16.2. The van der Waals surface area contributed by atoms with Crippen molar-refractivity contribution in [2.24, 2.45) is 5.41 Å². The molecule has 158 valence electrons. The zero-order valence-electron chi connectivity index (χ0n) is 17.8. The quantitative estimate of drug-likeness (QED) is 0.313. The molecule has 0 saturated carbocycles. The monoisotopic (exact) mass is 409 g/mol. The van der Waals surface area contributed by atoms with Gasteiger partial charge in [0.15, 0.2) is 0 Å². The van der Waals surface area contributed by atoms with Crippen LogP contribution in [0.2, 0.25) is 0 Å². The molecule has 1 aromatic heterocycles. The van der Waals surface area contributed by atoms with E-state index in [0.717, 1.165) is 35.7 Å². The summed E-state index contributed by atoms with van der Waals surface area (Å²) in [4.78, 5) is 16.6. The van der Waals surface area contributed by atoms with Crippen LogP contribution in [0.4, 0.5) is 4.39 Å². The van der Waals surface area contributed by atoms with E-state index in [9.17, 15) is 9.18 Å². The van der Waals surface area contributed by atoms with E-state index in [1.165, 1.54) is 6.07 Å². The summed E-state index contributed by atoms with van der Waals surface area (Å²) in [5.74, 6) is 0.0225. The summed E-state index contributed by atoms with van der Waals surface area (Å²) in [7, 11) is 0. The average Bonchev–Trinajstić information content (AvgIpc) is 2.73. The van der Waals surface area contributed by atoms with Gasteiger partial charge in [0.25, 0.3) is 0 Å². The Hall–Kier alpha value is -2.95. The Morgan fingerprint density at radius 1 is 1.03 bits per heavy atom. The maximum Gasteiger partial charge on any atom is 0.311 e. The summed E-state index contributed by atoms with van der Waals surface area (Å²) in [6.45, 7) is 6.48. The molecule has 4 nitrogen and oxygen atoms in total. The van der Waals surface area contributed by atoms with E-state index in [2.05, 4.69) is 4.98 Å². The molecule has 0 aliphatic heterocycles. The van der Waals surface area contributed by atoms with Crippen molar-refractivity contribution in [1.29, 1.82) is 0 Å². The topological polar surface area (TPSA) is 48.4 Å². The molecule has 0 atom stereocenters. The highest BCUT2D eigenvalue weighted by Crippen LogP contribution is 2.32. The number of ether oxygens (including phenoxy) is 2. The standard InChI is InChI=1S/C25H28FNO3/c1-4-29-24(28)25(2,3)15-9-10-16-30-23-17-20(18-11-5-7-13-21(18)26)19-12-6-8-14-22(19)27-23/h5-8,11-14,17H,4,9-10,15-16H2,1-3H3. The fourth-order valence-corrected chi connectivity index (χ4v) is 3.40. The number of halogens is 1. The second-order valence-corrected chi connectivity index (χ2v) is 7.91. The highest BCUT2D eigenvalue weighted by atomic mass is 19.1. The van der Waals surface area contributed by atoms with Crippen molar-refractivity contribution in [1.82, 2.24) is 4.98 Å². The van der Waals surface area contributed by atoms with Gasteiger partial charge in [0.1, 0.15) is 5.82 Å². The van der Waals surface area contributed by atoms with Gasteiger partial charge in [-0.25, -0.2) is 9.37 Å². The Kier molecular flexibility index (Phi) is 7.03. The van der Waals surface area contributed by atoms with Gasteiger partial charge in [0, 0.05) is 17.0 Å². The van der Waals surface area contributed by atoms with Crippen molar-refractivity contribution in [2.45, 2.75) is 40.0 Å². The first-order valence-electron chi connectivity index (χ1n) is 10.4. The van der Waals surface area contributed by atoms with E-state index in [0.29, 0.717) is 24.7 Å². The van der Waals surface area contributed by atoms with Gasteiger partial charge in [-0.2, -0.15) is 0 Å². The van der Waals surface area contributed by atoms with Crippen molar-refractivity contribution in [2.75, 3.05) is 13.2 Å². The van der Waals surface area contributed by atoms with Crippen molar-refractivity contribution in [3.63, 3.8) is 0 Å². The fraction of sp³-hybridized carbons (Fsp3) is 0.360. The van der Waals surface area contributed by atoms with Gasteiger partial charge < -0.3 is 9.47 Å². The molecule has 30 heavy (non-hydrogen) atoms. The Bertz CT molecular complexity index is 1020. The molecule has 5 heteroatoms. The second-order valence-electron chi connectivity index (χ2n) is 7.91. The molecule has 0 N–H and O–H groups in total. The molecule has 0 radical (unpaired) electrons. The molecule has 0 aliphatic rings. The summed E-state index contributed by atoms with van der Waals surface area (Å²) in [6.07, 6.45) is 2.34. The Labute approximate surface area is 177 Å². The number of benzene rings is 2. The lowest BCUT2D eigenvalue weighted by Crippen LogP contribution is -2.26. The number of para-hydroxylation sites is 1. The lowest BCUT2D eigenvalue weighted by Gasteiger charge is -2.22. The summed E-state index contributed by atoms with van der Waals surface area (Å²) in [5.41, 5.74) is 1.54. The molecule has 0 saturated heterocycles. The van der Waals surface area contributed by atoms with Crippen LogP contribution < -0.4 is 4.74 Å². The van der Waals surface area contributed by atoms with Crippen LogP contribution in [0, 0.1) is 11.2 Å². The minimum absolute atomic E-state index is 0.170. The first kappa shape index (κ1) is 21.8. The Morgan fingerprint density at radius 3 is 2.53 bits per heavy atom. The SMILES string of the molecule is CCOC(=O)C(C)(C)CCCCOc1cc(-c2ccccc2F)c2ccccc2n1. The average molecular weight is 410 g/mol. The van der Waals surface area contributed by atoms with E-state index in [1.54, 1.807) is 18.2 Å². The van der Waals surface area contributed by atoms with Crippen LogP contribution in [0.15, 0.2) is 54.6 Å². The number of fused-ring (bicyclic) bond motifs is 1. The van der Waals surface area contributed by atoms with Crippen LogP contribution in [0.5, 0.6) is 5.88 Å². The Balaban J connectivity index is 1.69. The van der Waals surface area contributed by atoms with Gasteiger partial charge in [0.05, 0.1) is 24.1 Å². The molecule has 0 unspecified atom stereocenters. The normalized spacial score (nSPS) is 11.5. The molecular weight excluding hydrogens is 381 g/mol.